The predicted molar refractivity (Wildman–Crippen MR) is 49.4 cm³/mol. The quantitative estimate of drug-likeness (QED) is 0.653. The molecule has 0 bridgehead atoms. The number of hydrogen-bond acceptors (Lipinski definition) is 2. The number of carbonyl (C=O) groups is 1. The highest BCUT2D eigenvalue weighted by Gasteiger charge is 2.43. The molecule has 1 aliphatic carbocycles. The molecular formula is C10H14N2O. The van der Waals surface area contributed by atoms with Crippen LogP contribution in [0.2, 0.25) is 0 Å². The van der Waals surface area contributed by atoms with Gasteiger partial charge in [0.2, 0.25) is 0 Å². The molecule has 0 aliphatic heterocycles. The molecule has 13 heavy (non-hydrogen) atoms. The van der Waals surface area contributed by atoms with Crippen molar-refractivity contribution < 1.29 is 4.79 Å². The van der Waals surface area contributed by atoms with Crippen LogP contribution in [0.1, 0.15) is 24.2 Å². The summed E-state index contributed by atoms with van der Waals surface area (Å²) in [5.74, 6) is 0. The zero-order chi connectivity index (χ0) is 9.47. The highest BCUT2D eigenvalue weighted by atomic mass is 16.1. The Morgan fingerprint density at radius 1 is 1.69 bits per heavy atom. The lowest BCUT2D eigenvalue weighted by molar-refractivity contribution is -0.112. The largest absolute Gasteiger partial charge is 0.303 e. The van der Waals surface area contributed by atoms with Gasteiger partial charge in [0.05, 0.1) is 5.69 Å². The van der Waals surface area contributed by atoms with E-state index in [-0.39, 0.29) is 5.41 Å². The number of aryl methyl sites for hydroxylation is 2. The Morgan fingerprint density at radius 2 is 2.38 bits per heavy atom. The molecule has 1 saturated carbocycles. The second-order valence-electron chi connectivity index (χ2n) is 4.06. The number of aldehydes is 1. The van der Waals surface area contributed by atoms with Crippen LogP contribution in [0.15, 0.2) is 6.07 Å². The smallest absolute Gasteiger partial charge is 0.126 e. The van der Waals surface area contributed by atoms with Crippen LogP contribution in [0.5, 0.6) is 0 Å². The van der Waals surface area contributed by atoms with Gasteiger partial charge in [0.1, 0.15) is 6.29 Å². The SMILES string of the molecule is Cc1cc(CC2(C=O)CC2)n(C)n1. The Kier molecular flexibility index (Phi) is 1.75. The molecule has 3 heteroatoms. The molecule has 1 fully saturated rings. The standard InChI is InChI=1S/C10H14N2O/c1-8-5-9(12(2)11-8)6-10(7-13)3-4-10/h5,7H,3-4,6H2,1-2H3. The van der Waals surface area contributed by atoms with Gasteiger partial charge in [-0.2, -0.15) is 5.10 Å². The average Bonchev–Trinajstić information content (AvgIpc) is 2.77. The monoisotopic (exact) mass is 178 g/mol. The molecule has 3 nitrogen and oxygen atoms in total. The molecule has 0 spiro atoms. The van der Waals surface area contributed by atoms with E-state index in [4.69, 9.17) is 0 Å². The lowest BCUT2D eigenvalue weighted by Crippen LogP contribution is -2.09. The summed E-state index contributed by atoms with van der Waals surface area (Å²) in [7, 11) is 1.93. The zero-order valence-corrected chi connectivity index (χ0v) is 8.08. The van der Waals surface area contributed by atoms with Crippen molar-refractivity contribution in [3.63, 3.8) is 0 Å². The molecule has 2 rings (SSSR count). The summed E-state index contributed by atoms with van der Waals surface area (Å²) in [4.78, 5) is 10.8. The van der Waals surface area contributed by atoms with Gasteiger partial charge < -0.3 is 4.79 Å². The summed E-state index contributed by atoms with van der Waals surface area (Å²) in [6, 6.07) is 2.06. The second-order valence-corrected chi connectivity index (χ2v) is 4.06. The number of nitrogens with zero attached hydrogens (tertiary/aromatic N) is 2. The number of hydrogen-bond donors (Lipinski definition) is 0. The number of rotatable bonds is 3. The summed E-state index contributed by atoms with van der Waals surface area (Å²) in [5.41, 5.74) is 2.15. The van der Waals surface area contributed by atoms with Crippen LogP contribution >= 0.6 is 0 Å². The topological polar surface area (TPSA) is 34.9 Å². The summed E-state index contributed by atoms with van der Waals surface area (Å²) >= 11 is 0. The van der Waals surface area contributed by atoms with E-state index in [1.165, 1.54) is 5.69 Å². The normalized spacial score (nSPS) is 18.6. The van der Waals surface area contributed by atoms with Gasteiger partial charge in [-0.05, 0) is 25.8 Å². The van der Waals surface area contributed by atoms with Gasteiger partial charge >= 0.3 is 0 Å². The van der Waals surface area contributed by atoms with Gasteiger partial charge in [-0.25, -0.2) is 0 Å². The maximum atomic E-state index is 10.8. The van der Waals surface area contributed by atoms with Crippen molar-refractivity contribution in [2.45, 2.75) is 26.2 Å². The molecule has 0 atom stereocenters. The minimum Gasteiger partial charge on any atom is -0.303 e. The van der Waals surface area contributed by atoms with Gasteiger partial charge in [-0.1, -0.05) is 0 Å². The zero-order valence-electron chi connectivity index (χ0n) is 8.08. The Bertz CT molecular complexity index is 337. The Balaban J connectivity index is 2.18. The fourth-order valence-electron chi connectivity index (χ4n) is 1.69. The molecule has 1 heterocycles. The van der Waals surface area contributed by atoms with Gasteiger partial charge in [-0.3, -0.25) is 4.68 Å². The Labute approximate surface area is 77.7 Å². The fraction of sp³-hybridized carbons (Fsp3) is 0.600. The van der Waals surface area contributed by atoms with Crippen LogP contribution < -0.4 is 0 Å². The molecule has 0 unspecified atom stereocenters. The van der Waals surface area contributed by atoms with Crippen molar-refractivity contribution in [1.82, 2.24) is 9.78 Å². The molecule has 1 aromatic rings. The van der Waals surface area contributed by atoms with Gasteiger partial charge in [0.25, 0.3) is 0 Å². The van der Waals surface area contributed by atoms with Gasteiger partial charge in [0, 0.05) is 24.6 Å². The van der Waals surface area contributed by atoms with E-state index in [9.17, 15) is 4.79 Å². The maximum Gasteiger partial charge on any atom is 0.126 e. The molecule has 70 valence electrons. The third-order valence-corrected chi connectivity index (χ3v) is 2.77. The first-order chi connectivity index (χ1) is 6.15. The molecule has 1 aromatic heterocycles. The van der Waals surface area contributed by atoms with Crippen LogP contribution in [-0.2, 0) is 18.3 Å². The van der Waals surface area contributed by atoms with Crippen LogP contribution in [0.25, 0.3) is 0 Å². The number of carbonyl (C=O) groups excluding carboxylic acids is 1. The molecule has 0 N–H and O–H groups in total. The minimum absolute atomic E-state index is 0.0414. The third kappa shape index (κ3) is 1.50. The van der Waals surface area contributed by atoms with E-state index < -0.39 is 0 Å². The second kappa shape index (κ2) is 2.69. The predicted octanol–water partition coefficient (Wildman–Crippen LogP) is 1.25. The molecule has 1 aliphatic rings. The van der Waals surface area contributed by atoms with E-state index in [0.29, 0.717) is 0 Å². The minimum atomic E-state index is -0.0414. The van der Waals surface area contributed by atoms with Gasteiger partial charge in [0.15, 0.2) is 0 Å². The van der Waals surface area contributed by atoms with E-state index in [0.717, 1.165) is 31.2 Å². The van der Waals surface area contributed by atoms with Crippen LogP contribution in [0.3, 0.4) is 0 Å². The highest BCUT2D eigenvalue weighted by Crippen LogP contribution is 2.46. The van der Waals surface area contributed by atoms with E-state index in [1.54, 1.807) is 0 Å². The van der Waals surface area contributed by atoms with Crippen molar-refractivity contribution in [2.24, 2.45) is 12.5 Å². The van der Waals surface area contributed by atoms with Crippen molar-refractivity contribution in [2.75, 3.05) is 0 Å². The lowest BCUT2D eigenvalue weighted by Gasteiger charge is -2.05. The molecule has 0 aromatic carbocycles. The first kappa shape index (κ1) is 8.48. The van der Waals surface area contributed by atoms with Crippen molar-refractivity contribution in [3.8, 4) is 0 Å². The van der Waals surface area contributed by atoms with Crippen molar-refractivity contribution >= 4 is 6.29 Å². The lowest BCUT2D eigenvalue weighted by atomic mass is 10.0. The van der Waals surface area contributed by atoms with Crippen LogP contribution in [0.4, 0.5) is 0 Å². The highest BCUT2D eigenvalue weighted by molar-refractivity contribution is 5.64. The summed E-state index contributed by atoms with van der Waals surface area (Å²) in [5, 5.41) is 4.26. The number of aromatic nitrogens is 2. The first-order valence-electron chi connectivity index (χ1n) is 4.61. The van der Waals surface area contributed by atoms with Crippen LogP contribution in [0, 0.1) is 12.3 Å². The fourth-order valence-corrected chi connectivity index (χ4v) is 1.69. The summed E-state index contributed by atoms with van der Waals surface area (Å²) < 4.78 is 1.87. The van der Waals surface area contributed by atoms with E-state index in [1.807, 2.05) is 18.7 Å². The first-order valence-corrected chi connectivity index (χ1v) is 4.61. The summed E-state index contributed by atoms with van der Waals surface area (Å²) in [6.45, 7) is 1.98. The van der Waals surface area contributed by atoms with Crippen molar-refractivity contribution in [1.29, 1.82) is 0 Å². The molecular weight excluding hydrogens is 164 g/mol. The Morgan fingerprint density at radius 3 is 2.77 bits per heavy atom. The molecule has 0 saturated heterocycles. The van der Waals surface area contributed by atoms with Crippen LogP contribution in [-0.4, -0.2) is 16.1 Å². The maximum absolute atomic E-state index is 10.8. The van der Waals surface area contributed by atoms with E-state index >= 15 is 0 Å². The molecule has 0 amide bonds. The average molecular weight is 178 g/mol. The molecule has 0 radical (unpaired) electrons. The van der Waals surface area contributed by atoms with Gasteiger partial charge in [-0.15, -0.1) is 0 Å². The third-order valence-electron chi connectivity index (χ3n) is 2.77. The van der Waals surface area contributed by atoms with E-state index in [2.05, 4.69) is 11.2 Å². The Hall–Kier alpha value is -1.12. The van der Waals surface area contributed by atoms with Crippen molar-refractivity contribution in [3.05, 3.63) is 17.5 Å². The summed E-state index contributed by atoms with van der Waals surface area (Å²) in [6.07, 6.45) is 4.05.